The molecule has 1 aliphatic carbocycles. The molecule has 5 nitrogen and oxygen atoms in total. The van der Waals surface area contributed by atoms with Gasteiger partial charge >= 0.3 is 4.87 Å². The minimum atomic E-state index is -0.441. The number of thiazole rings is 1. The summed E-state index contributed by atoms with van der Waals surface area (Å²) >= 11 is 1.10. The van der Waals surface area contributed by atoms with Gasteiger partial charge in [0.1, 0.15) is 6.10 Å². The van der Waals surface area contributed by atoms with E-state index in [4.69, 9.17) is 4.74 Å². The smallest absolute Gasteiger partial charge is 0.304 e. The molecule has 1 fully saturated rings. The van der Waals surface area contributed by atoms with Gasteiger partial charge in [-0.05, 0) is 19.8 Å². The molecule has 0 radical (unpaired) electrons. The molecule has 1 amide bonds. The zero-order chi connectivity index (χ0) is 14.4. The van der Waals surface area contributed by atoms with Crippen molar-refractivity contribution < 1.29 is 9.53 Å². The molecule has 1 aromatic heterocycles. The molecule has 1 aromatic rings. The van der Waals surface area contributed by atoms with Gasteiger partial charge in [0.15, 0.2) is 0 Å². The quantitative estimate of drug-likeness (QED) is 0.819. The predicted octanol–water partition coefficient (Wildman–Crippen LogP) is 2.18. The Kier molecular flexibility index (Phi) is 5.79. The Morgan fingerprint density at radius 3 is 2.75 bits per heavy atom. The van der Waals surface area contributed by atoms with Crippen LogP contribution >= 0.6 is 11.3 Å². The molecule has 2 rings (SSSR count). The second kappa shape index (κ2) is 7.59. The van der Waals surface area contributed by atoms with Crippen LogP contribution in [0.25, 0.3) is 0 Å². The Morgan fingerprint density at radius 1 is 1.45 bits per heavy atom. The van der Waals surface area contributed by atoms with E-state index in [1.807, 2.05) is 0 Å². The Bertz CT molecular complexity index is 475. The molecule has 1 saturated carbocycles. The Balaban J connectivity index is 1.74. The number of ether oxygens (including phenoxy) is 1. The lowest BCUT2D eigenvalue weighted by Crippen LogP contribution is -2.36. The number of nitrogens with one attached hydrogen (secondary N) is 2. The summed E-state index contributed by atoms with van der Waals surface area (Å²) in [6.45, 7) is 2.13. The third-order valence-corrected chi connectivity index (χ3v) is 4.31. The van der Waals surface area contributed by atoms with E-state index in [9.17, 15) is 9.59 Å². The minimum absolute atomic E-state index is 0.1000. The number of aromatic amines is 1. The lowest BCUT2D eigenvalue weighted by atomic mass is 10.1. The standard InChI is InChI=1S/C14H22N2O3S/c1-10(19-12-6-4-2-3-5-7-12)13(17)15-8-11-9-20-14(18)16-11/h9-10,12H,2-8H2,1H3,(H,15,17)(H,16,18). The van der Waals surface area contributed by atoms with Crippen LogP contribution in [-0.2, 0) is 16.1 Å². The first-order valence-electron chi connectivity index (χ1n) is 7.25. The first-order valence-corrected chi connectivity index (χ1v) is 8.13. The van der Waals surface area contributed by atoms with Crippen molar-refractivity contribution in [2.75, 3.05) is 0 Å². The van der Waals surface area contributed by atoms with Crippen LogP contribution in [0.15, 0.2) is 10.2 Å². The van der Waals surface area contributed by atoms with Crippen LogP contribution < -0.4 is 10.2 Å². The molecule has 112 valence electrons. The van der Waals surface area contributed by atoms with E-state index < -0.39 is 6.10 Å². The van der Waals surface area contributed by atoms with Gasteiger partial charge in [-0.25, -0.2) is 0 Å². The second-order valence-corrected chi connectivity index (χ2v) is 6.13. The molecule has 0 spiro atoms. The van der Waals surface area contributed by atoms with Crippen LogP contribution in [0.1, 0.15) is 51.1 Å². The predicted molar refractivity (Wildman–Crippen MR) is 78.8 cm³/mol. The highest BCUT2D eigenvalue weighted by Gasteiger charge is 2.20. The van der Waals surface area contributed by atoms with Crippen molar-refractivity contribution in [3.63, 3.8) is 0 Å². The fraction of sp³-hybridized carbons (Fsp3) is 0.714. The lowest BCUT2D eigenvalue weighted by molar-refractivity contribution is -0.136. The third-order valence-electron chi connectivity index (χ3n) is 3.59. The first kappa shape index (κ1) is 15.3. The largest absolute Gasteiger partial charge is 0.365 e. The lowest BCUT2D eigenvalue weighted by Gasteiger charge is -2.20. The molecule has 1 atom stereocenters. The van der Waals surface area contributed by atoms with Crippen molar-refractivity contribution in [1.29, 1.82) is 0 Å². The van der Waals surface area contributed by atoms with E-state index in [2.05, 4.69) is 10.3 Å². The summed E-state index contributed by atoms with van der Waals surface area (Å²) in [5.74, 6) is -0.124. The summed E-state index contributed by atoms with van der Waals surface area (Å²) in [5.41, 5.74) is 0.731. The molecule has 2 N–H and O–H groups in total. The topological polar surface area (TPSA) is 71.2 Å². The highest BCUT2D eigenvalue weighted by atomic mass is 32.1. The van der Waals surface area contributed by atoms with Gasteiger partial charge in [0, 0.05) is 11.1 Å². The van der Waals surface area contributed by atoms with Crippen LogP contribution in [0.3, 0.4) is 0 Å². The van der Waals surface area contributed by atoms with Crippen LogP contribution in [0.4, 0.5) is 0 Å². The number of hydrogen-bond acceptors (Lipinski definition) is 4. The van der Waals surface area contributed by atoms with E-state index in [1.165, 1.54) is 25.7 Å². The zero-order valence-corrected chi connectivity index (χ0v) is 12.6. The van der Waals surface area contributed by atoms with Crippen LogP contribution in [0.2, 0.25) is 0 Å². The summed E-state index contributed by atoms with van der Waals surface area (Å²) in [6, 6.07) is 0. The molecular formula is C14H22N2O3S. The number of aromatic nitrogens is 1. The summed E-state index contributed by atoms with van der Waals surface area (Å²) < 4.78 is 5.85. The van der Waals surface area contributed by atoms with E-state index in [-0.39, 0.29) is 16.9 Å². The summed E-state index contributed by atoms with van der Waals surface area (Å²) in [5, 5.41) is 4.51. The summed E-state index contributed by atoms with van der Waals surface area (Å²) in [7, 11) is 0. The number of carbonyl (C=O) groups excluding carboxylic acids is 1. The van der Waals surface area contributed by atoms with Crippen molar-refractivity contribution in [3.8, 4) is 0 Å². The SMILES string of the molecule is CC(OC1CCCCCC1)C(=O)NCc1csc(=O)[nH]1. The molecular weight excluding hydrogens is 276 g/mol. The number of carbonyl (C=O) groups is 1. The van der Waals surface area contributed by atoms with E-state index in [1.54, 1.807) is 12.3 Å². The molecule has 6 heteroatoms. The van der Waals surface area contributed by atoms with Gasteiger partial charge < -0.3 is 15.0 Å². The molecule has 0 aromatic carbocycles. The normalized spacial score (nSPS) is 18.4. The monoisotopic (exact) mass is 298 g/mol. The second-order valence-electron chi connectivity index (χ2n) is 5.28. The summed E-state index contributed by atoms with van der Waals surface area (Å²) in [4.78, 5) is 25.5. The fourth-order valence-electron chi connectivity index (χ4n) is 2.46. The molecule has 20 heavy (non-hydrogen) atoms. The molecule has 1 aliphatic rings. The van der Waals surface area contributed by atoms with Gasteiger partial charge in [-0.15, -0.1) is 0 Å². The fourth-order valence-corrected chi connectivity index (χ4v) is 3.04. The Labute approximate surface area is 122 Å². The van der Waals surface area contributed by atoms with Gasteiger partial charge in [0.25, 0.3) is 0 Å². The minimum Gasteiger partial charge on any atom is -0.365 e. The Morgan fingerprint density at radius 2 is 2.15 bits per heavy atom. The maximum Gasteiger partial charge on any atom is 0.304 e. The van der Waals surface area contributed by atoms with E-state index in [0.717, 1.165) is 29.9 Å². The van der Waals surface area contributed by atoms with Gasteiger partial charge in [0.2, 0.25) is 5.91 Å². The third kappa shape index (κ3) is 4.76. The molecule has 0 saturated heterocycles. The highest BCUT2D eigenvalue weighted by Crippen LogP contribution is 2.20. The van der Waals surface area contributed by atoms with Gasteiger partial charge in [-0.3, -0.25) is 9.59 Å². The zero-order valence-electron chi connectivity index (χ0n) is 11.8. The van der Waals surface area contributed by atoms with Gasteiger partial charge in [-0.2, -0.15) is 0 Å². The van der Waals surface area contributed by atoms with E-state index in [0.29, 0.717) is 6.54 Å². The average Bonchev–Trinajstić information content (AvgIpc) is 2.68. The highest BCUT2D eigenvalue weighted by molar-refractivity contribution is 7.07. The molecule has 0 aliphatic heterocycles. The van der Waals surface area contributed by atoms with Crippen molar-refractivity contribution in [3.05, 3.63) is 20.7 Å². The number of hydrogen-bond donors (Lipinski definition) is 2. The van der Waals surface area contributed by atoms with Crippen LogP contribution in [-0.4, -0.2) is 23.1 Å². The first-order chi connectivity index (χ1) is 9.65. The number of amides is 1. The van der Waals surface area contributed by atoms with E-state index >= 15 is 0 Å². The van der Waals surface area contributed by atoms with Crippen LogP contribution in [0, 0.1) is 0 Å². The van der Waals surface area contributed by atoms with Crippen molar-refractivity contribution in [1.82, 2.24) is 10.3 Å². The van der Waals surface area contributed by atoms with Crippen molar-refractivity contribution in [2.24, 2.45) is 0 Å². The van der Waals surface area contributed by atoms with Gasteiger partial charge in [0.05, 0.1) is 12.6 Å². The maximum atomic E-state index is 12.0. The van der Waals surface area contributed by atoms with Gasteiger partial charge in [-0.1, -0.05) is 37.0 Å². The maximum absolute atomic E-state index is 12.0. The van der Waals surface area contributed by atoms with Crippen molar-refractivity contribution in [2.45, 2.75) is 64.2 Å². The van der Waals surface area contributed by atoms with Crippen molar-refractivity contribution >= 4 is 17.2 Å². The number of H-pyrrole nitrogens is 1. The van der Waals surface area contributed by atoms with Crippen LogP contribution in [0.5, 0.6) is 0 Å². The molecule has 1 unspecified atom stereocenters. The summed E-state index contributed by atoms with van der Waals surface area (Å²) in [6.07, 6.45) is 6.79. The number of rotatable bonds is 5. The Hall–Kier alpha value is -1.14. The average molecular weight is 298 g/mol. The molecule has 0 bridgehead atoms. The molecule has 1 heterocycles.